The minimum absolute atomic E-state index is 0.00246. The molecule has 1 aromatic heterocycles. The molecular weight excluding hydrogens is 330 g/mol. The number of nitrogens with one attached hydrogen (secondary N) is 1. The number of amides is 2. The van der Waals surface area contributed by atoms with Gasteiger partial charge in [-0.1, -0.05) is 18.2 Å². The van der Waals surface area contributed by atoms with E-state index in [0.29, 0.717) is 13.0 Å². The first-order valence-corrected chi connectivity index (χ1v) is 9.28. The van der Waals surface area contributed by atoms with Gasteiger partial charge in [-0.2, -0.15) is 0 Å². The number of fused-ring (bicyclic) bond motifs is 5. The van der Waals surface area contributed by atoms with Crippen molar-refractivity contribution in [2.24, 2.45) is 0 Å². The fraction of sp³-hybridized carbons (Fsp3) is 0.450. The molecule has 2 amide bonds. The standard InChI is InChI=1S/C20H21N3O3/c1-11(24)9-16-18-13(12-5-2-3-6-14(12)21-18)10-17-19(25)22-8-4-7-15(22)20(26)23(16)17/h2-3,5-6,15-17,21H,4,7-10H2,1H3/t15-,16+,17-/m0/s1. The maximum absolute atomic E-state index is 13.2. The highest BCUT2D eigenvalue weighted by atomic mass is 16.2. The molecule has 3 atom stereocenters. The second-order valence-corrected chi connectivity index (χ2v) is 7.64. The number of piperazine rings is 1. The Bertz CT molecular complexity index is 947. The van der Waals surface area contributed by atoms with Crippen molar-refractivity contribution in [1.29, 1.82) is 0 Å². The van der Waals surface area contributed by atoms with Crippen LogP contribution in [0.25, 0.3) is 10.9 Å². The quantitative estimate of drug-likeness (QED) is 0.899. The van der Waals surface area contributed by atoms with Crippen LogP contribution in [0.4, 0.5) is 0 Å². The number of hydrogen-bond donors (Lipinski definition) is 1. The van der Waals surface area contributed by atoms with Gasteiger partial charge < -0.3 is 14.8 Å². The van der Waals surface area contributed by atoms with E-state index in [0.717, 1.165) is 35.0 Å². The van der Waals surface area contributed by atoms with Crippen LogP contribution in [-0.4, -0.2) is 51.0 Å². The number of rotatable bonds is 2. The summed E-state index contributed by atoms with van der Waals surface area (Å²) in [4.78, 5) is 45.2. The zero-order valence-electron chi connectivity index (χ0n) is 14.7. The van der Waals surface area contributed by atoms with Crippen LogP contribution in [0.3, 0.4) is 0 Å². The number of nitrogens with zero attached hydrogens (tertiary/aromatic N) is 2. The van der Waals surface area contributed by atoms with E-state index >= 15 is 0 Å². The van der Waals surface area contributed by atoms with Gasteiger partial charge in [0, 0.05) is 36.0 Å². The van der Waals surface area contributed by atoms with Crippen molar-refractivity contribution in [3.8, 4) is 0 Å². The monoisotopic (exact) mass is 351 g/mol. The molecule has 3 aliphatic rings. The first-order chi connectivity index (χ1) is 12.6. The molecule has 2 aromatic rings. The van der Waals surface area contributed by atoms with Gasteiger partial charge in [-0.3, -0.25) is 14.4 Å². The molecule has 4 heterocycles. The van der Waals surface area contributed by atoms with Crippen molar-refractivity contribution < 1.29 is 14.4 Å². The van der Waals surface area contributed by atoms with Gasteiger partial charge in [0.15, 0.2) is 0 Å². The van der Waals surface area contributed by atoms with Crippen molar-refractivity contribution >= 4 is 28.5 Å². The third-order valence-corrected chi connectivity index (χ3v) is 6.09. The lowest BCUT2D eigenvalue weighted by Gasteiger charge is -2.48. The molecule has 6 heteroatoms. The third kappa shape index (κ3) is 2.01. The molecule has 0 aliphatic carbocycles. The molecule has 5 rings (SSSR count). The molecule has 26 heavy (non-hydrogen) atoms. The lowest BCUT2D eigenvalue weighted by atomic mass is 9.86. The van der Waals surface area contributed by atoms with Crippen LogP contribution in [0.1, 0.15) is 43.5 Å². The van der Waals surface area contributed by atoms with Crippen LogP contribution in [0.2, 0.25) is 0 Å². The average molecular weight is 351 g/mol. The number of carbonyl (C=O) groups excluding carboxylic acids is 3. The highest BCUT2D eigenvalue weighted by molar-refractivity contribution is 5.99. The number of hydrogen-bond acceptors (Lipinski definition) is 3. The Balaban J connectivity index is 1.69. The predicted molar refractivity (Wildman–Crippen MR) is 95.4 cm³/mol. The van der Waals surface area contributed by atoms with E-state index in [1.165, 1.54) is 0 Å². The molecule has 1 N–H and O–H groups in total. The topological polar surface area (TPSA) is 73.5 Å². The molecule has 0 unspecified atom stereocenters. The lowest BCUT2D eigenvalue weighted by Crippen LogP contribution is -2.65. The van der Waals surface area contributed by atoms with Crippen molar-refractivity contribution in [3.63, 3.8) is 0 Å². The van der Waals surface area contributed by atoms with Gasteiger partial charge in [0.05, 0.1) is 6.04 Å². The van der Waals surface area contributed by atoms with Gasteiger partial charge in [0.1, 0.15) is 17.9 Å². The zero-order chi connectivity index (χ0) is 18.0. The average Bonchev–Trinajstić information content (AvgIpc) is 3.24. The van der Waals surface area contributed by atoms with Crippen LogP contribution < -0.4 is 0 Å². The number of H-pyrrole nitrogens is 1. The van der Waals surface area contributed by atoms with Gasteiger partial charge in [-0.15, -0.1) is 0 Å². The van der Waals surface area contributed by atoms with Crippen LogP contribution in [0.5, 0.6) is 0 Å². The first kappa shape index (κ1) is 15.6. The van der Waals surface area contributed by atoms with Crippen molar-refractivity contribution in [3.05, 3.63) is 35.5 Å². The summed E-state index contributed by atoms with van der Waals surface area (Å²) in [6.07, 6.45) is 2.35. The third-order valence-electron chi connectivity index (χ3n) is 6.09. The number of carbonyl (C=O) groups is 3. The molecule has 3 aliphatic heterocycles. The summed E-state index contributed by atoms with van der Waals surface area (Å²) in [5.41, 5.74) is 2.99. The smallest absolute Gasteiger partial charge is 0.246 e. The molecule has 0 spiro atoms. The summed E-state index contributed by atoms with van der Waals surface area (Å²) in [6, 6.07) is 6.76. The Hall–Kier alpha value is -2.63. The number of Topliss-reactive ketones (excluding diaryl/α,β-unsaturated/α-hetero) is 1. The molecule has 2 fully saturated rings. The van der Waals surface area contributed by atoms with Crippen molar-refractivity contribution in [2.75, 3.05) is 6.54 Å². The summed E-state index contributed by atoms with van der Waals surface area (Å²) in [5, 5.41) is 1.08. The number of ketones is 1. The van der Waals surface area contributed by atoms with Crippen molar-refractivity contribution in [1.82, 2.24) is 14.8 Å². The Morgan fingerprint density at radius 3 is 2.81 bits per heavy atom. The molecule has 2 saturated heterocycles. The molecule has 6 nitrogen and oxygen atoms in total. The molecule has 0 radical (unpaired) electrons. The summed E-state index contributed by atoms with van der Waals surface area (Å²) in [5.74, 6) is 0.0635. The van der Waals surface area contributed by atoms with Gasteiger partial charge in [-0.05, 0) is 31.4 Å². The van der Waals surface area contributed by atoms with Gasteiger partial charge in [0.2, 0.25) is 11.8 Å². The van der Waals surface area contributed by atoms with E-state index in [1.807, 2.05) is 24.3 Å². The van der Waals surface area contributed by atoms with Crippen LogP contribution in [0.15, 0.2) is 24.3 Å². The number of benzene rings is 1. The molecule has 134 valence electrons. The van der Waals surface area contributed by atoms with E-state index in [9.17, 15) is 14.4 Å². The largest absolute Gasteiger partial charge is 0.356 e. The lowest BCUT2D eigenvalue weighted by molar-refractivity contribution is -0.163. The Morgan fingerprint density at radius 2 is 2.00 bits per heavy atom. The summed E-state index contributed by atoms with van der Waals surface area (Å²) in [7, 11) is 0. The SMILES string of the molecule is CC(=O)C[C@@H]1c2[nH]c3ccccc3c2C[C@H]2C(=O)N3CCC[C@H]3C(=O)N12. The second kappa shape index (κ2) is 5.43. The summed E-state index contributed by atoms with van der Waals surface area (Å²) >= 11 is 0. The number of aromatic amines is 1. The maximum atomic E-state index is 13.2. The van der Waals surface area contributed by atoms with Crippen molar-refractivity contribution in [2.45, 2.75) is 50.7 Å². The van der Waals surface area contributed by atoms with Crippen LogP contribution in [-0.2, 0) is 20.8 Å². The normalized spacial score (nSPS) is 27.5. The van der Waals surface area contributed by atoms with E-state index in [-0.39, 0.29) is 36.1 Å². The first-order valence-electron chi connectivity index (χ1n) is 9.28. The zero-order valence-corrected chi connectivity index (χ0v) is 14.7. The highest BCUT2D eigenvalue weighted by Gasteiger charge is 2.52. The van der Waals surface area contributed by atoms with E-state index in [4.69, 9.17) is 0 Å². The maximum Gasteiger partial charge on any atom is 0.246 e. The second-order valence-electron chi connectivity index (χ2n) is 7.64. The van der Waals surface area contributed by atoms with Crippen LogP contribution in [0, 0.1) is 0 Å². The van der Waals surface area contributed by atoms with Crippen LogP contribution >= 0.6 is 0 Å². The Labute approximate surface area is 151 Å². The van der Waals surface area contributed by atoms with E-state index in [2.05, 4.69) is 4.98 Å². The molecular formula is C20H21N3O3. The fourth-order valence-electron chi connectivity index (χ4n) is 5.01. The highest BCUT2D eigenvalue weighted by Crippen LogP contribution is 2.43. The van der Waals surface area contributed by atoms with Gasteiger partial charge >= 0.3 is 0 Å². The molecule has 1 aromatic carbocycles. The van der Waals surface area contributed by atoms with Gasteiger partial charge in [0.25, 0.3) is 0 Å². The number of aromatic nitrogens is 1. The Kier molecular flexibility index (Phi) is 3.26. The van der Waals surface area contributed by atoms with E-state index in [1.54, 1.807) is 16.7 Å². The van der Waals surface area contributed by atoms with Gasteiger partial charge in [-0.25, -0.2) is 0 Å². The van der Waals surface area contributed by atoms with E-state index < -0.39 is 6.04 Å². The fourth-order valence-corrected chi connectivity index (χ4v) is 5.01. The molecule has 0 saturated carbocycles. The Morgan fingerprint density at radius 1 is 1.19 bits per heavy atom. The number of para-hydroxylation sites is 1. The minimum Gasteiger partial charge on any atom is -0.356 e. The summed E-state index contributed by atoms with van der Waals surface area (Å²) < 4.78 is 0. The molecule has 0 bridgehead atoms. The summed E-state index contributed by atoms with van der Waals surface area (Å²) in [6.45, 7) is 2.21. The predicted octanol–water partition coefficient (Wildman–Crippen LogP) is 1.95. The minimum atomic E-state index is -0.493.